The summed E-state index contributed by atoms with van der Waals surface area (Å²) in [5.41, 5.74) is 9.51. The second-order valence-electron chi connectivity index (χ2n) is 6.71. The Kier molecular flexibility index (Phi) is 8.59. The molecule has 1 aliphatic rings. The molecular formula is C20H25Cl2OTi. The van der Waals surface area contributed by atoms with Crippen LogP contribution in [0.25, 0.3) is 5.57 Å². The molecule has 0 amide bonds. The summed E-state index contributed by atoms with van der Waals surface area (Å²) in [7, 11) is 0. The Hall–Kier alpha value is -0.466. The standard InChI is InChI=1S/C20H26O.2ClH.Ti/c1-8-9-17-16(11-10-12(2)19(17)21)18-14(4)13(3)15(5)20(18,6)7;;;/h8,10-11,21H,1,9H2,2-7H3;2*1H;/q;;;+3/p-3. The van der Waals surface area contributed by atoms with E-state index in [1.54, 1.807) is 20.8 Å². The number of halogens is 2. The van der Waals surface area contributed by atoms with Crippen molar-refractivity contribution in [2.75, 3.05) is 0 Å². The van der Waals surface area contributed by atoms with Gasteiger partial charge in [-0.15, -0.1) is 0 Å². The molecule has 1 aromatic rings. The Balaban J connectivity index is 0.00000264. The number of hydrogen-bond acceptors (Lipinski definition) is 1. The van der Waals surface area contributed by atoms with Crippen molar-refractivity contribution in [1.82, 2.24) is 0 Å². The van der Waals surface area contributed by atoms with Crippen LogP contribution in [-0.4, -0.2) is 0 Å². The second kappa shape index (κ2) is 8.76. The second-order valence-corrected chi connectivity index (χ2v) is 7.03. The van der Waals surface area contributed by atoms with Gasteiger partial charge in [-0.05, 0) is 0 Å². The monoisotopic (exact) mass is 399 g/mol. The van der Waals surface area contributed by atoms with Crippen molar-refractivity contribution < 1.29 is 49.0 Å². The molecule has 4 heteroatoms. The number of benzene rings is 1. The largest absolute Gasteiger partial charge is 1.00 e. The Labute approximate surface area is 171 Å². The maximum absolute atomic E-state index is 5.70. The van der Waals surface area contributed by atoms with Crippen molar-refractivity contribution in [3.8, 4) is 5.75 Å². The van der Waals surface area contributed by atoms with Gasteiger partial charge in [0.05, 0.1) is 0 Å². The number of aryl methyl sites for hydroxylation is 1. The molecule has 0 aliphatic heterocycles. The fourth-order valence-corrected chi connectivity index (χ4v) is 4.04. The van der Waals surface area contributed by atoms with Gasteiger partial charge in [-0.25, -0.2) is 0 Å². The van der Waals surface area contributed by atoms with Crippen LogP contribution in [0.15, 0.2) is 41.5 Å². The summed E-state index contributed by atoms with van der Waals surface area (Å²) in [6, 6.07) is 4.42. The van der Waals surface area contributed by atoms with E-state index in [9.17, 15) is 0 Å². The smallest absolute Gasteiger partial charge is 1.00 e. The molecule has 0 bridgehead atoms. The first kappa shape index (κ1) is 23.5. The third-order valence-corrected chi connectivity index (χ3v) is 5.56. The van der Waals surface area contributed by atoms with Gasteiger partial charge in [0, 0.05) is 0 Å². The zero-order chi connectivity index (χ0) is 16.7. The molecule has 129 valence electrons. The summed E-state index contributed by atoms with van der Waals surface area (Å²) in [4.78, 5) is 0. The summed E-state index contributed by atoms with van der Waals surface area (Å²) < 4.78 is 5.70. The van der Waals surface area contributed by atoms with Crippen molar-refractivity contribution in [3.05, 3.63) is 58.2 Å². The first-order valence-corrected chi connectivity index (χ1v) is 8.38. The van der Waals surface area contributed by atoms with Crippen molar-refractivity contribution in [2.45, 2.75) is 48.0 Å². The van der Waals surface area contributed by atoms with Crippen LogP contribution >= 0.6 is 0 Å². The van der Waals surface area contributed by atoms with Crippen molar-refractivity contribution >= 4 is 5.57 Å². The number of hydrogen-bond donors (Lipinski definition) is 0. The van der Waals surface area contributed by atoms with E-state index < -0.39 is 0 Å². The van der Waals surface area contributed by atoms with E-state index in [-0.39, 0.29) is 30.2 Å². The maximum atomic E-state index is 5.70. The third kappa shape index (κ3) is 3.70. The van der Waals surface area contributed by atoms with E-state index in [0.717, 1.165) is 12.2 Å². The Morgan fingerprint density at radius 3 is 2.08 bits per heavy atom. The average molecular weight is 400 g/mol. The minimum absolute atomic E-state index is 0. The van der Waals surface area contributed by atoms with E-state index in [1.807, 2.05) is 6.08 Å². The molecule has 0 atom stereocenters. The van der Waals surface area contributed by atoms with E-state index >= 15 is 0 Å². The van der Waals surface area contributed by atoms with Crippen molar-refractivity contribution in [3.63, 3.8) is 0 Å². The molecule has 24 heavy (non-hydrogen) atoms. The van der Waals surface area contributed by atoms with Crippen LogP contribution in [0.2, 0.25) is 0 Å². The molecule has 1 nitrogen and oxygen atoms in total. The Morgan fingerprint density at radius 2 is 1.67 bits per heavy atom. The quantitative estimate of drug-likeness (QED) is 0.500. The van der Waals surface area contributed by atoms with E-state index in [1.165, 1.54) is 39.0 Å². The summed E-state index contributed by atoms with van der Waals surface area (Å²) >= 11 is 1.76. The third-order valence-electron chi connectivity index (χ3n) is 5.24. The summed E-state index contributed by atoms with van der Waals surface area (Å²) in [5.74, 6) is 0.996. The molecule has 0 saturated carbocycles. The summed E-state index contributed by atoms with van der Waals surface area (Å²) in [6.07, 6.45) is 2.79. The molecule has 0 heterocycles. The van der Waals surface area contributed by atoms with Crippen LogP contribution in [0.1, 0.15) is 51.3 Å². The normalized spacial score (nSPS) is 15.8. The molecule has 2 rings (SSSR count). The van der Waals surface area contributed by atoms with Gasteiger partial charge in [0.25, 0.3) is 0 Å². The predicted octanol–water partition coefficient (Wildman–Crippen LogP) is -0.278. The minimum Gasteiger partial charge on any atom is -1.00 e. The van der Waals surface area contributed by atoms with Crippen molar-refractivity contribution in [1.29, 1.82) is 0 Å². The van der Waals surface area contributed by atoms with Gasteiger partial charge in [0.2, 0.25) is 0 Å². The van der Waals surface area contributed by atoms with Gasteiger partial charge >= 0.3 is 147 Å². The Bertz CT molecular complexity index is 700. The predicted molar refractivity (Wildman–Crippen MR) is 90.5 cm³/mol. The molecule has 1 aliphatic carbocycles. The van der Waals surface area contributed by atoms with E-state index in [4.69, 9.17) is 3.32 Å². The van der Waals surface area contributed by atoms with Crippen LogP contribution in [0.5, 0.6) is 5.75 Å². The van der Waals surface area contributed by atoms with Gasteiger partial charge < -0.3 is 24.8 Å². The molecule has 0 unspecified atom stereocenters. The first-order chi connectivity index (χ1) is 10.3. The maximum Gasteiger partial charge on any atom is -1.00 e. The molecule has 0 aromatic heterocycles. The zero-order valence-electron chi connectivity index (χ0n) is 15.3. The fraction of sp³-hybridized carbons (Fsp3) is 0.400. The minimum atomic E-state index is 0. The van der Waals surface area contributed by atoms with Gasteiger partial charge in [-0.3, -0.25) is 0 Å². The van der Waals surface area contributed by atoms with Gasteiger partial charge in [0.15, 0.2) is 0 Å². The van der Waals surface area contributed by atoms with Gasteiger partial charge in [-0.2, -0.15) is 0 Å². The zero-order valence-corrected chi connectivity index (χ0v) is 18.4. The average Bonchev–Trinajstić information content (AvgIpc) is 2.61. The van der Waals surface area contributed by atoms with Gasteiger partial charge in [0.1, 0.15) is 0 Å². The van der Waals surface area contributed by atoms with Crippen LogP contribution in [0.3, 0.4) is 0 Å². The molecular weight excluding hydrogens is 375 g/mol. The summed E-state index contributed by atoms with van der Waals surface area (Å²) in [6.45, 7) is 17.4. The molecule has 0 N–H and O–H groups in total. The number of allylic oxidation sites excluding steroid dienone is 5. The fourth-order valence-electron chi connectivity index (χ4n) is 3.60. The molecule has 0 fully saturated rings. The molecule has 0 saturated heterocycles. The van der Waals surface area contributed by atoms with Crippen LogP contribution < -0.4 is 28.1 Å². The van der Waals surface area contributed by atoms with Gasteiger partial charge in [-0.1, -0.05) is 0 Å². The van der Waals surface area contributed by atoms with Crippen LogP contribution in [0.4, 0.5) is 0 Å². The summed E-state index contributed by atoms with van der Waals surface area (Å²) in [5, 5.41) is 0. The van der Waals surface area contributed by atoms with Crippen LogP contribution in [0, 0.1) is 12.3 Å². The van der Waals surface area contributed by atoms with Crippen LogP contribution in [-0.2, 0) is 27.2 Å². The first-order valence-electron chi connectivity index (χ1n) is 7.74. The molecule has 0 spiro atoms. The Morgan fingerprint density at radius 1 is 1.08 bits per heavy atom. The topological polar surface area (TPSA) is 9.23 Å². The molecule has 1 aromatic carbocycles. The van der Waals surface area contributed by atoms with E-state index in [2.05, 4.69) is 60.3 Å². The van der Waals surface area contributed by atoms with Crippen molar-refractivity contribution in [2.24, 2.45) is 5.41 Å². The van der Waals surface area contributed by atoms with E-state index in [0.29, 0.717) is 0 Å². The number of rotatable bonds is 4. The SMILES string of the molecule is C=CCc1c(C2=C(C)C(C)=C(C)C2(C)C)ccc(C)c1[O][Ti+2].[Cl-].[Cl-]. The molecule has 0 radical (unpaired) electrons.